The summed E-state index contributed by atoms with van der Waals surface area (Å²) in [5.74, 6) is 3.39. The van der Waals surface area contributed by atoms with Gasteiger partial charge in [-0.15, -0.1) is 17.4 Å². The van der Waals surface area contributed by atoms with Crippen molar-refractivity contribution in [3.63, 3.8) is 0 Å². The number of sulfonamides is 1. The monoisotopic (exact) mass is 364 g/mol. The lowest BCUT2D eigenvalue weighted by molar-refractivity contribution is 0.152. The largest absolute Gasteiger partial charge is 0.380 e. The molecular formula is C17H24N4O3S. The van der Waals surface area contributed by atoms with Crippen LogP contribution in [-0.2, 0) is 27.7 Å². The Morgan fingerprint density at radius 1 is 1.24 bits per heavy atom. The number of terminal acetylenes is 1. The minimum Gasteiger partial charge on any atom is -0.380 e. The van der Waals surface area contributed by atoms with E-state index < -0.39 is 10.0 Å². The van der Waals surface area contributed by atoms with Crippen molar-refractivity contribution in [2.45, 2.75) is 32.2 Å². The Morgan fingerprint density at radius 2 is 2.12 bits per heavy atom. The Balaban J connectivity index is 1.73. The molecule has 3 rings (SSSR count). The molecule has 0 amide bonds. The first-order valence-corrected chi connectivity index (χ1v) is 10.3. The number of hydrogen-bond acceptors (Lipinski definition) is 6. The van der Waals surface area contributed by atoms with Gasteiger partial charge >= 0.3 is 0 Å². The first-order valence-electron chi connectivity index (χ1n) is 8.69. The molecule has 0 atom stereocenters. The van der Waals surface area contributed by atoms with Crippen LogP contribution in [0.15, 0.2) is 6.07 Å². The number of ether oxygens (including phenoxy) is 1. The highest BCUT2D eigenvalue weighted by Gasteiger charge is 2.28. The van der Waals surface area contributed by atoms with Gasteiger partial charge < -0.3 is 9.64 Å². The maximum absolute atomic E-state index is 12.5. The third-order valence-corrected chi connectivity index (χ3v) is 6.46. The molecule has 1 saturated heterocycles. The van der Waals surface area contributed by atoms with Crippen LogP contribution < -0.4 is 4.90 Å². The molecule has 2 aliphatic heterocycles. The Hall–Kier alpha value is -1.69. The Labute approximate surface area is 149 Å². The van der Waals surface area contributed by atoms with Gasteiger partial charge in [-0.05, 0) is 24.5 Å². The van der Waals surface area contributed by atoms with Gasteiger partial charge in [-0.2, -0.15) is 9.40 Å². The smallest absolute Gasteiger partial charge is 0.214 e. The molecule has 7 nitrogen and oxygen atoms in total. The van der Waals surface area contributed by atoms with Crippen LogP contribution in [-0.4, -0.2) is 61.5 Å². The van der Waals surface area contributed by atoms with Crippen LogP contribution in [0.25, 0.3) is 0 Å². The normalized spacial score (nSPS) is 19.1. The van der Waals surface area contributed by atoms with Crippen LogP contribution in [0, 0.1) is 12.3 Å². The number of rotatable bonds is 5. The van der Waals surface area contributed by atoms with Crippen LogP contribution >= 0.6 is 0 Å². The fraction of sp³-hybridized carbons (Fsp3) is 0.647. The van der Waals surface area contributed by atoms with Crippen LogP contribution in [0.4, 0.5) is 5.82 Å². The molecule has 3 heterocycles. The van der Waals surface area contributed by atoms with Crippen LogP contribution in [0.3, 0.4) is 0 Å². The van der Waals surface area contributed by atoms with E-state index in [4.69, 9.17) is 11.2 Å². The van der Waals surface area contributed by atoms with Crippen LogP contribution in [0.2, 0.25) is 0 Å². The molecule has 0 saturated carbocycles. The molecule has 25 heavy (non-hydrogen) atoms. The van der Waals surface area contributed by atoms with E-state index in [0.717, 1.165) is 43.2 Å². The first-order chi connectivity index (χ1) is 12.1. The standard InChI is InChI=1S/C17H24N4O3S/c1-2-3-4-12-25(22,23)21-8-6-16-15(14-21)13-17(19-18-16)20-7-5-10-24-11-9-20/h1,13H,3-12,14H2. The van der Waals surface area contributed by atoms with Crippen molar-refractivity contribution >= 4 is 15.8 Å². The van der Waals surface area contributed by atoms with E-state index in [-0.39, 0.29) is 5.75 Å². The zero-order valence-electron chi connectivity index (χ0n) is 14.4. The Bertz CT molecular complexity index is 737. The van der Waals surface area contributed by atoms with Crippen molar-refractivity contribution in [2.75, 3.05) is 43.5 Å². The van der Waals surface area contributed by atoms with Crippen molar-refractivity contribution in [3.8, 4) is 12.3 Å². The lowest BCUT2D eigenvalue weighted by atomic mass is 10.1. The topological polar surface area (TPSA) is 75.6 Å². The van der Waals surface area contributed by atoms with Crippen molar-refractivity contribution < 1.29 is 13.2 Å². The summed E-state index contributed by atoms with van der Waals surface area (Å²) < 4.78 is 32.0. The summed E-state index contributed by atoms with van der Waals surface area (Å²) in [4.78, 5) is 2.15. The highest BCUT2D eigenvalue weighted by atomic mass is 32.2. The molecule has 1 aromatic heterocycles. The number of hydrogen-bond donors (Lipinski definition) is 0. The molecule has 0 bridgehead atoms. The maximum atomic E-state index is 12.5. The summed E-state index contributed by atoms with van der Waals surface area (Å²) in [6, 6.07) is 1.98. The van der Waals surface area contributed by atoms with Crippen molar-refractivity contribution in [2.24, 2.45) is 0 Å². The summed E-state index contributed by atoms with van der Waals surface area (Å²) in [6.45, 7) is 3.91. The molecule has 1 aromatic rings. The third kappa shape index (κ3) is 4.48. The molecule has 2 aliphatic rings. The van der Waals surface area contributed by atoms with E-state index in [1.165, 1.54) is 0 Å². The van der Waals surface area contributed by atoms with Crippen molar-refractivity contribution in [1.29, 1.82) is 0 Å². The summed E-state index contributed by atoms with van der Waals surface area (Å²) in [6.07, 6.45) is 7.74. The molecule has 1 fully saturated rings. The molecule has 0 N–H and O–H groups in total. The average Bonchev–Trinajstić information content (AvgIpc) is 2.90. The summed E-state index contributed by atoms with van der Waals surface area (Å²) in [5, 5.41) is 8.67. The molecule has 0 aliphatic carbocycles. The first kappa shape index (κ1) is 18.1. The SMILES string of the molecule is C#CCCCS(=O)(=O)N1CCc2nnc(N3CCCOCC3)cc2C1. The third-order valence-electron chi connectivity index (χ3n) is 4.55. The van der Waals surface area contributed by atoms with E-state index in [0.29, 0.717) is 39.0 Å². The number of anilines is 1. The van der Waals surface area contributed by atoms with E-state index in [1.807, 2.05) is 6.07 Å². The number of fused-ring (bicyclic) bond motifs is 1. The Morgan fingerprint density at radius 3 is 2.96 bits per heavy atom. The zero-order chi connectivity index (χ0) is 17.7. The number of unbranched alkanes of at least 4 members (excludes halogenated alkanes) is 1. The van der Waals surface area contributed by atoms with Gasteiger partial charge in [-0.3, -0.25) is 0 Å². The second-order valence-electron chi connectivity index (χ2n) is 6.33. The van der Waals surface area contributed by atoms with Gasteiger partial charge in [0.25, 0.3) is 0 Å². The minimum atomic E-state index is -3.29. The molecule has 0 radical (unpaired) electrons. The van der Waals surface area contributed by atoms with Gasteiger partial charge in [0, 0.05) is 45.6 Å². The highest BCUT2D eigenvalue weighted by Crippen LogP contribution is 2.23. The maximum Gasteiger partial charge on any atom is 0.214 e. The molecule has 136 valence electrons. The summed E-state index contributed by atoms with van der Waals surface area (Å²) in [7, 11) is -3.29. The molecule has 0 unspecified atom stereocenters. The molecule has 0 spiro atoms. The van der Waals surface area contributed by atoms with Gasteiger partial charge in [0.2, 0.25) is 10.0 Å². The zero-order valence-corrected chi connectivity index (χ0v) is 15.2. The van der Waals surface area contributed by atoms with E-state index >= 15 is 0 Å². The second-order valence-corrected chi connectivity index (χ2v) is 8.42. The number of aromatic nitrogens is 2. The second kappa shape index (κ2) is 8.13. The number of nitrogens with zero attached hydrogens (tertiary/aromatic N) is 4. The van der Waals surface area contributed by atoms with Gasteiger partial charge in [0.15, 0.2) is 5.82 Å². The molecular weight excluding hydrogens is 340 g/mol. The average molecular weight is 364 g/mol. The van der Waals surface area contributed by atoms with Gasteiger partial charge in [-0.1, -0.05) is 0 Å². The predicted octanol–water partition coefficient (Wildman–Crippen LogP) is 0.805. The quantitative estimate of drug-likeness (QED) is 0.568. The lowest BCUT2D eigenvalue weighted by Gasteiger charge is -2.28. The van der Waals surface area contributed by atoms with E-state index in [2.05, 4.69) is 21.0 Å². The molecule has 0 aromatic carbocycles. The van der Waals surface area contributed by atoms with Gasteiger partial charge in [-0.25, -0.2) is 8.42 Å². The summed E-state index contributed by atoms with van der Waals surface area (Å²) >= 11 is 0. The van der Waals surface area contributed by atoms with Crippen molar-refractivity contribution in [3.05, 3.63) is 17.3 Å². The highest BCUT2D eigenvalue weighted by molar-refractivity contribution is 7.89. The fourth-order valence-corrected chi connectivity index (χ4v) is 4.62. The molecule has 8 heteroatoms. The van der Waals surface area contributed by atoms with E-state index in [9.17, 15) is 8.42 Å². The van der Waals surface area contributed by atoms with Crippen molar-refractivity contribution in [1.82, 2.24) is 14.5 Å². The van der Waals surface area contributed by atoms with Gasteiger partial charge in [0.1, 0.15) is 0 Å². The summed E-state index contributed by atoms with van der Waals surface area (Å²) in [5.41, 5.74) is 1.84. The van der Waals surface area contributed by atoms with Gasteiger partial charge in [0.05, 0.1) is 18.1 Å². The van der Waals surface area contributed by atoms with Crippen LogP contribution in [0.1, 0.15) is 30.5 Å². The minimum absolute atomic E-state index is 0.0986. The lowest BCUT2D eigenvalue weighted by Crippen LogP contribution is -2.38. The fourth-order valence-electron chi connectivity index (χ4n) is 3.14. The predicted molar refractivity (Wildman–Crippen MR) is 95.6 cm³/mol. The van der Waals surface area contributed by atoms with E-state index in [1.54, 1.807) is 4.31 Å². The van der Waals surface area contributed by atoms with Crippen LogP contribution in [0.5, 0.6) is 0 Å². The Kier molecular flexibility index (Phi) is 5.89.